The molecule has 0 saturated carbocycles. The van der Waals surface area contributed by atoms with Gasteiger partial charge < -0.3 is 9.47 Å². The number of carbonyl (C=O) groups excluding carboxylic acids is 3. The van der Waals surface area contributed by atoms with Gasteiger partial charge in [-0.3, -0.25) is 14.7 Å². The normalized spacial score (nSPS) is 11.6. The number of hydrogen-bond acceptors (Lipinski definition) is 6. The van der Waals surface area contributed by atoms with Gasteiger partial charge in [0, 0.05) is 12.5 Å². The van der Waals surface area contributed by atoms with Crippen LogP contribution in [0.15, 0.2) is 30.3 Å². The summed E-state index contributed by atoms with van der Waals surface area (Å²) in [5.41, 5.74) is 1.30. The second kappa shape index (κ2) is 8.23. The van der Waals surface area contributed by atoms with E-state index in [1.807, 2.05) is 6.07 Å². The molecule has 0 bridgehead atoms. The monoisotopic (exact) mass is 344 g/mol. The number of ether oxygens (including phenoxy) is 2. The van der Waals surface area contributed by atoms with Crippen LogP contribution in [0.5, 0.6) is 0 Å². The van der Waals surface area contributed by atoms with Crippen molar-refractivity contribution >= 4 is 17.7 Å². The Morgan fingerprint density at radius 1 is 1.16 bits per heavy atom. The van der Waals surface area contributed by atoms with E-state index in [1.54, 1.807) is 38.1 Å². The lowest BCUT2D eigenvalue weighted by Crippen LogP contribution is -2.20. The molecule has 1 unspecified atom stereocenters. The summed E-state index contributed by atoms with van der Waals surface area (Å²) in [6.45, 7) is 4.77. The third-order valence-corrected chi connectivity index (χ3v) is 3.53. The zero-order chi connectivity index (χ0) is 18.4. The molecule has 0 saturated heterocycles. The van der Waals surface area contributed by atoms with Crippen molar-refractivity contribution in [3.05, 3.63) is 41.7 Å². The number of ketones is 1. The highest BCUT2D eigenvalue weighted by atomic mass is 16.5. The molecule has 0 fully saturated rings. The molecule has 0 aliphatic heterocycles. The zero-order valence-corrected chi connectivity index (χ0v) is 14.4. The van der Waals surface area contributed by atoms with Gasteiger partial charge in [0.25, 0.3) is 0 Å². The molecule has 0 aliphatic rings. The van der Waals surface area contributed by atoms with E-state index >= 15 is 0 Å². The number of nitrogens with zero attached hydrogens (tertiary/aromatic N) is 1. The Morgan fingerprint density at radius 3 is 2.44 bits per heavy atom. The lowest BCUT2D eigenvalue weighted by Gasteiger charge is -2.10. The molecule has 2 rings (SSSR count). The van der Waals surface area contributed by atoms with Gasteiger partial charge in [-0.25, -0.2) is 4.79 Å². The van der Waals surface area contributed by atoms with Crippen LogP contribution in [-0.4, -0.2) is 41.1 Å². The number of aromatic amines is 1. The minimum Gasteiger partial charge on any atom is -0.465 e. The number of H-pyrrole nitrogens is 1. The molecule has 7 nitrogen and oxygen atoms in total. The van der Waals surface area contributed by atoms with Crippen molar-refractivity contribution in [2.24, 2.45) is 5.92 Å². The van der Waals surface area contributed by atoms with Crippen LogP contribution >= 0.6 is 0 Å². The summed E-state index contributed by atoms with van der Waals surface area (Å²) >= 11 is 0. The Hall–Kier alpha value is -2.96. The van der Waals surface area contributed by atoms with Crippen LogP contribution in [0.1, 0.15) is 41.7 Å². The topological polar surface area (TPSA) is 98.4 Å². The van der Waals surface area contributed by atoms with Crippen LogP contribution in [0, 0.1) is 5.92 Å². The van der Waals surface area contributed by atoms with E-state index in [4.69, 9.17) is 9.47 Å². The molecule has 1 aromatic carbocycles. The maximum Gasteiger partial charge on any atom is 0.357 e. The van der Waals surface area contributed by atoms with E-state index in [1.165, 1.54) is 6.92 Å². The van der Waals surface area contributed by atoms with E-state index in [0.717, 1.165) is 0 Å². The summed E-state index contributed by atoms with van der Waals surface area (Å²) in [4.78, 5) is 35.8. The van der Waals surface area contributed by atoms with Crippen molar-refractivity contribution in [2.75, 3.05) is 13.2 Å². The summed E-state index contributed by atoms with van der Waals surface area (Å²) in [7, 11) is 0. The summed E-state index contributed by atoms with van der Waals surface area (Å²) in [6, 6.07) is 8.99. The van der Waals surface area contributed by atoms with Crippen molar-refractivity contribution in [1.29, 1.82) is 0 Å². The second-order valence-electron chi connectivity index (χ2n) is 5.48. The number of esters is 2. The smallest absolute Gasteiger partial charge is 0.357 e. The Bertz CT molecular complexity index is 767. The van der Waals surface area contributed by atoms with Crippen molar-refractivity contribution in [3.63, 3.8) is 0 Å². The quantitative estimate of drug-likeness (QED) is 0.612. The van der Waals surface area contributed by atoms with Crippen molar-refractivity contribution in [3.8, 4) is 11.1 Å². The van der Waals surface area contributed by atoms with Gasteiger partial charge in [0.05, 0.1) is 12.5 Å². The minimum atomic E-state index is -0.593. The summed E-state index contributed by atoms with van der Waals surface area (Å²) in [5, 5.41) is 6.63. The van der Waals surface area contributed by atoms with Gasteiger partial charge in [-0.1, -0.05) is 37.3 Å². The SMILES string of the molecule is CCOC(=O)c1[nH]nc(C(=O)C(C)COC(C)=O)c1-c1ccccc1. The first kappa shape index (κ1) is 18.4. The number of nitrogens with one attached hydrogen (secondary N) is 1. The summed E-state index contributed by atoms with van der Waals surface area (Å²) in [5.74, 6) is -1.96. The van der Waals surface area contributed by atoms with Gasteiger partial charge in [0.1, 0.15) is 12.3 Å². The van der Waals surface area contributed by atoms with Gasteiger partial charge in [-0.15, -0.1) is 0 Å². The first-order valence-corrected chi connectivity index (χ1v) is 7.94. The first-order valence-electron chi connectivity index (χ1n) is 7.94. The highest BCUT2D eigenvalue weighted by Gasteiger charge is 2.28. The lowest BCUT2D eigenvalue weighted by molar-refractivity contribution is -0.141. The third kappa shape index (κ3) is 4.32. The molecular weight excluding hydrogens is 324 g/mol. The Labute approximate surface area is 145 Å². The molecule has 25 heavy (non-hydrogen) atoms. The molecule has 0 amide bonds. The molecule has 1 N–H and O–H groups in total. The van der Waals surface area contributed by atoms with E-state index in [2.05, 4.69) is 10.2 Å². The Kier molecular flexibility index (Phi) is 6.05. The van der Waals surface area contributed by atoms with Crippen LogP contribution in [0.25, 0.3) is 11.1 Å². The predicted molar refractivity (Wildman–Crippen MR) is 90.1 cm³/mol. The maximum atomic E-state index is 12.7. The highest BCUT2D eigenvalue weighted by Crippen LogP contribution is 2.28. The molecule has 1 atom stereocenters. The number of aromatic nitrogens is 2. The molecule has 0 spiro atoms. The highest BCUT2D eigenvalue weighted by molar-refractivity contribution is 6.07. The molecule has 132 valence electrons. The third-order valence-electron chi connectivity index (χ3n) is 3.53. The second-order valence-corrected chi connectivity index (χ2v) is 5.48. The van der Waals surface area contributed by atoms with E-state index < -0.39 is 17.9 Å². The van der Waals surface area contributed by atoms with E-state index in [-0.39, 0.29) is 30.4 Å². The van der Waals surface area contributed by atoms with Gasteiger partial charge >= 0.3 is 11.9 Å². The van der Waals surface area contributed by atoms with Gasteiger partial charge in [0.2, 0.25) is 0 Å². The van der Waals surface area contributed by atoms with Crippen LogP contribution in [0.3, 0.4) is 0 Å². The minimum absolute atomic E-state index is 0.0516. The van der Waals surface area contributed by atoms with Gasteiger partial charge in [0.15, 0.2) is 11.5 Å². The van der Waals surface area contributed by atoms with Crippen LogP contribution < -0.4 is 0 Å². The van der Waals surface area contributed by atoms with Crippen molar-refractivity contribution in [2.45, 2.75) is 20.8 Å². The fourth-order valence-corrected chi connectivity index (χ4v) is 2.31. The molecule has 1 heterocycles. The Balaban J connectivity index is 2.43. The maximum absolute atomic E-state index is 12.7. The largest absolute Gasteiger partial charge is 0.465 e. The van der Waals surface area contributed by atoms with Gasteiger partial charge in [-0.05, 0) is 12.5 Å². The number of rotatable bonds is 7. The molecule has 2 aromatic rings. The van der Waals surface area contributed by atoms with Crippen LogP contribution in [0.2, 0.25) is 0 Å². The Morgan fingerprint density at radius 2 is 1.84 bits per heavy atom. The molecule has 0 radical (unpaired) electrons. The molecule has 7 heteroatoms. The molecule has 1 aromatic heterocycles. The fraction of sp³-hybridized carbons (Fsp3) is 0.333. The van der Waals surface area contributed by atoms with E-state index in [0.29, 0.717) is 11.1 Å². The standard InChI is InChI=1S/C18H20N2O5/c1-4-24-18(23)16-14(13-8-6-5-7-9-13)15(19-20-16)17(22)11(2)10-25-12(3)21/h5-9,11H,4,10H2,1-3H3,(H,19,20). The van der Waals surface area contributed by atoms with Crippen LogP contribution in [-0.2, 0) is 14.3 Å². The number of hydrogen-bond donors (Lipinski definition) is 1. The van der Waals surface area contributed by atoms with Gasteiger partial charge in [-0.2, -0.15) is 5.10 Å². The molecular formula is C18H20N2O5. The predicted octanol–water partition coefficient (Wildman–Crippen LogP) is 2.64. The van der Waals surface area contributed by atoms with Crippen LogP contribution in [0.4, 0.5) is 0 Å². The average molecular weight is 344 g/mol. The number of carbonyl (C=O) groups is 3. The molecule has 0 aliphatic carbocycles. The zero-order valence-electron chi connectivity index (χ0n) is 14.4. The summed E-state index contributed by atoms with van der Waals surface area (Å²) in [6.07, 6.45) is 0. The fourth-order valence-electron chi connectivity index (χ4n) is 2.31. The number of benzene rings is 1. The lowest BCUT2D eigenvalue weighted by atomic mass is 9.96. The first-order chi connectivity index (χ1) is 12.0. The van der Waals surface area contributed by atoms with Crippen molar-refractivity contribution in [1.82, 2.24) is 10.2 Å². The average Bonchev–Trinajstić information content (AvgIpc) is 3.05. The number of Topliss-reactive ketones (excluding diaryl/α,β-unsaturated/α-hetero) is 1. The van der Waals surface area contributed by atoms with E-state index in [9.17, 15) is 14.4 Å². The summed E-state index contributed by atoms with van der Waals surface area (Å²) < 4.78 is 9.93. The van der Waals surface area contributed by atoms with Crippen molar-refractivity contribution < 1.29 is 23.9 Å².